The van der Waals surface area contributed by atoms with Crippen LogP contribution in [0.5, 0.6) is 0 Å². The molecule has 0 saturated carbocycles. The first kappa shape index (κ1) is 13.8. The number of alkyl halides is 2. The van der Waals surface area contributed by atoms with Crippen molar-refractivity contribution < 1.29 is 23.1 Å². The van der Waals surface area contributed by atoms with Crippen LogP contribution in [0, 0.1) is 5.82 Å². The standard InChI is InChI=1S/C11H5ClF3NO2S/c12-5-1-2-6(7(13)3-5)9-16-8(4-19-9)11(14,15)10(17)18/h1-4H,(H,17,18). The van der Waals surface area contributed by atoms with Crippen molar-refractivity contribution in [1.82, 2.24) is 4.98 Å². The molecular formula is C11H5ClF3NO2S. The first-order valence-corrected chi connectivity index (χ1v) is 6.11. The number of nitrogens with zero attached hydrogens (tertiary/aromatic N) is 1. The topological polar surface area (TPSA) is 50.2 Å². The Morgan fingerprint density at radius 1 is 1.42 bits per heavy atom. The van der Waals surface area contributed by atoms with E-state index in [9.17, 15) is 18.0 Å². The van der Waals surface area contributed by atoms with Crippen molar-refractivity contribution in [2.24, 2.45) is 0 Å². The van der Waals surface area contributed by atoms with Gasteiger partial charge >= 0.3 is 11.9 Å². The highest BCUT2D eigenvalue weighted by molar-refractivity contribution is 7.13. The molecule has 0 fully saturated rings. The lowest BCUT2D eigenvalue weighted by atomic mass is 10.2. The van der Waals surface area contributed by atoms with Crippen LogP contribution in [0.3, 0.4) is 0 Å². The molecule has 1 aromatic carbocycles. The van der Waals surface area contributed by atoms with Gasteiger partial charge in [0.1, 0.15) is 16.5 Å². The Morgan fingerprint density at radius 3 is 2.68 bits per heavy atom. The number of carbonyl (C=O) groups is 1. The second kappa shape index (κ2) is 4.82. The van der Waals surface area contributed by atoms with Gasteiger partial charge in [-0.05, 0) is 18.2 Å². The maximum absolute atomic E-state index is 13.6. The van der Waals surface area contributed by atoms with Crippen LogP contribution in [-0.4, -0.2) is 16.1 Å². The van der Waals surface area contributed by atoms with E-state index in [1.165, 1.54) is 12.1 Å². The van der Waals surface area contributed by atoms with Crippen LogP contribution < -0.4 is 0 Å². The molecule has 0 aliphatic heterocycles. The lowest BCUT2D eigenvalue weighted by molar-refractivity contribution is -0.166. The largest absolute Gasteiger partial charge is 0.476 e. The average molecular weight is 308 g/mol. The van der Waals surface area contributed by atoms with Crippen molar-refractivity contribution in [2.45, 2.75) is 5.92 Å². The van der Waals surface area contributed by atoms with Crippen LogP contribution in [0.1, 0.15) is 5.69 Å². The molecule has 2 aromatic rings. The Labute approximate surface area is 114 Å². The van der Waals surface area contributed by atoms with E-state index < -0.39 is 23.4 Å². The molecule has 3 nitrogen and oxygen atoms in total. The quantitative estimate of drug-likeness (QED) is 0.939. The number of rotatable bonds is 3. The van der Waals surface area contributed by atoms with Crippen molar-refractivity contribution in [3.63, 3.8) is 0 Å². The molecule has 1 aromatic heterocycles. The highest BCUT2D eigenvalue weighted by atomic mass is 35.5. The van der Waals surface area contributed by atoms with Gasteiger partial charge in [0, 0.05) is 16.0 Å². The fourth-order valence-electron chi connectivity index (χ4n) is 1.31. The Balaban J connectivity index is 2.44. The molecular weight excluding hydrogens is 303 g/mol. The molecule has 2 rings (SSSR count). The summed E-state index contributed by atoms with van der Waals surface area (Å²) in [7, 11) is 0. The summed E-state index contributed by atoms with van der Waals surface area (Å²) in [6.07, 6.45) is 0. The van der Waals surface area contributed by atoms with E-state index in [2.05, 4.69) is 4.98 Å². The van der Waals surface area contributed by atoms with Gasteiger partial charge in [-0.2, -0.15) is 8.78 Å². The third-order valence-electron chi connectivity index (χ3n) is 2.26. The van der Waals surface area contributed by atoms with Crippen LogP contribution in [0.2, 0.25) is 5.02 Å². The van der Waals surface area contributed by atoms with E-state index in [1.807, 2.05) is 0 Å². The lowest BCUT2D eigenvalue weighted by Gasteiger charge is -2.06. The molecule has 0 bridgehead atoms. The predicted octanol–water partition coefficient (Wildman–Crippen LogP) is 3.78. The fourth-order valence-corrected chi connectivity index (χ4v) is 2.34. The van der Waals surface area contributed by atoms with Gasteiger partial charge in [0.05, 0.1) is 0 Å². The Kier molecular flexibility index (Phi) is 3.51. The van der Waals surface area contributed by atoms with Crippen LogP contribution in [0.4, 0.5) is 13.2 Å². The maximum atomic E-state index is 13.6. The lowest BCUT2D eigenvalue weighted by Crippen LogP contribution is -2.25. The Hall–Kier alpha value is -1.60. The van der Waals surface area contributed by atoms with Gasteiger partial charge in [-0.15, -0.1) is 11.3 Å². The van der Waals surface area contributed by atoms with Crippen molar-refractivity contribution >= 4 is 28.9 Å². The summed E-state index contributed by atoms with van der Waals surface area (Å²) in [6.45, 7) is 0. The minimum Gasteiger partial charge on any atom is -0.476 e. The molecule has 0 aliphatic rings. The van der Waals surface area contributed by atoms with Crippen molar-refractivity contribution in [3.8, 4) is 10.6 Å². The number of aromatic nitrogens is 1. The van der Waals surface area contributed by atoms with Gasteiger partial charge in [-0.3, -0.25) is 0 Å². The molecule has 0 spiro atoms. The average Bonchev–Trinajstić information content (AvgIpc) is 2.78. The van der Waals surface area contributed by atoms with E-state index in [0.29, 0.717) is 0 Å². The minimum absolute atomic E-state index is 0.0122. The minimum atomic E-state index is -4.10. The molecule has 1 N–H and O–H groups in total. The molecule has 8 heteroatoms. The fraction of sp³-hybridized carbons (Fsp3) is 0.0909. The van der Waals surface area contributed by atoms with E-state index in [1.54, 1.807) is 0 Å². The van der Waals surface area contributed by atoms with Crippen LogP contribution >= 0.6 is 22.9 Å². The second-order valence-electron chi connectivity index (χ2n) is 3.54. The molecule has 0 atom stereocenters. The first-order valence-electron chi connectivity index (χ1n) is 4.85. The van der Waals surface area contributed by atoms with Crippen molar-refractivity contribution in [3.05, 3.63) is 40.1 Å². The van der Waals surface area contributed by atoms with Gasteiger partial charge in [0.25, 0.3) is 0 Å². The van der Waals surface area contributed by atoms with E-state index >= 15 is 0 Å². The van der Waals surface area contributed by atoms with Crippen LogP contribution in [0.15, 0.2) is 23.6 Å². The number of aliphatic carboxylic acids is 1. The number of halogens is 4. The number of thiazole rings is 1. The van der Waals surface area contributed by atoms with E-state index in [-0.39, 0.29) is 15.6 Å². The molecule has 0 amide bonds. The zero-order valence-electron chi connectivity index (χ0n) is 9.03. The second-order valence-corrected chi connectivity index (χ2v) is 4.84. The SMILES string of the molecule is O=C(O)C(F)(F)c1csc(-c2ccc(Cl)cc2F)n1. The van der Waals surface area contributed by atoms with E-state index in [0.717, 1.165) is 22.8 Å². The predicted molar refractivity (Wildman–Crippen MR) is 64.0 cm³/mol. The molecule has 0 saturated heterocycles. The van der Waals surface area contributed by atoms with Gasteiger partial charge in [0.2, 0.25) is 0 Å². The molecule has 100 valence electrons. The molecule has 1 heterocycles. The molecule has 0 aliphatic carbocycles. The summed E-state index contributed by atoms with van der Waals surface area (Å²) in [5.74, 6) is -7.12. The number of carboxylic acids is 1. The summed E-state index contributed by atoms with van der Waals surface area (Å²) in [5, 5.41) is 9.40. The summed E-state index contributed by atoms with van der Waals surface area (Å²) < 4.78 is 40.0. The van der Waals surface area contributed by atoms with Crippen molar-refractivity contribution in [2.75, 3.05) is 0 Å². The summed E-state index contributed by atoms with van der Waals surface area (Å²) in [4.78, 5) is 13.9. The summed E-state index contributed by atoms with van der Waals surface area (Å²) in [5.41, 5.74) is -0.934. The maximum Gasteiger partial charge on any atom is 0.385 e. The Bertz CT molecular complexity index is 645. The summed E-state index contributed by atoms with van der Waals surface area (Å²) >= 11 is 6.30. The number of hydrogen-bond acceptors (Lipinski definition) is 3. The zero-order valence-corrected chi connectivity index (χ0v) is 10.6. The van der Waals surface area contributed by atoms with Gasteiger partial charge in [-0.25, -0.2) is 14.2 Å². The number of benzene rings is 1. The molecule has 0 radical (unpaired) electrons. The third-order valence-corrected chi connectivity index (χ3v) is 3.37. The highest BCUT2D eigenvalue weighted by Gasteiger charge is 2.43. The zero-order chi connectivity index (χ0) is 14.2. The molecule has 0 unspecified atom stereocenters. The Morgan fingerprint density at radius 2 is 2.11 bits per heavy atom. The number of hydrogen-bond donors (Lipinski definition) is 1. The highest BCUT2D eigenvalue weighted by Crippen LogP contribution is 2.34. The molecule has 19 heavy (non-hydrogen) atoms. The van der Waals surface area contributed by atoms with Crippen LogP contribution in [-0.2, 0) is 10.7 Å². The number of carboxylic acid groups (broad SMARTS) is 1. The van der Waals surface area contributed by atoms with E-state index in [4.69, 9.17) is 16.7 Å². The van der Waals surface area contributed by atoms with Gasteiger partial charge in [0.15, 0.2) is 0 Å². The van der Waals surface area contributed by atoms with Crippen molar-refractivity contribution in [1.29, 1.82) is 0 Å². The smallest absolute Gasteiger partial charge is 0.385 e. The summed E-state index contributed by atoms with van der Waals surface area (Å²) in [6, 6.07) is 3.70. The van der Waals surface area contributed by atoms with Gasteiger partial charge in [-0.1, -0.05) is 11.6 Å². The first-order chi connectivity index (χ1) is 8.82. The monoisotopic (exact) mass is 307 g/mol. The van der Waals surface area contributed by atoms with Gasteiger partial charge < -0.3 is 5.11 Å². The third kappa shape index (κ3) is 2.57. The van der Waals surface area contributed by atoms with Crippen LogP contribution in [0.25, 0.3) is 10.6 Å². The normalized spacial score (nSPS) is 11.6.